The van der Waals surface area contributed by atoms with Gasteiger partial charge in [0, 0.05) is 10.0 Å². The summed E-state index contributed by atoms with van der Waals surface area (Å²) < 4.78 is 0.964. The second-order valence-corrected chi connectivity index (χ2v) is 6.85. The number of aromatic amines is 1. The van der Waals surface area contributed by atoms with E-state index in [-0.39, 0.29) is 11.9 Å². The number of carbonyl (C=O) groups is 1. The molecule has 2 aromatic carbocycles. The van der Waals surface area contributed by atoms with Crippen molar-refractivity contribution in [1.82, 2.24) is 15.5 Å². The van der Waals surface area contributed by atoms with Crippen molar-refractivity contribution in [1.29, 1.82) is 0 Å². The summed E-state index contributed by atoms with van der Waals surface area (Å²) in [6.07, 6.45) is 3.53. The molecule has 0 aliphatic heterocycles. The van der Waals surface area contributed by atoms with Crippen LogP contribution in [0.5, 0.6) is 0 Å². The summed E-state index contributed by atoms with van der Waals surface area (Å²) in [4.78, 5) is 12.8. The van der Waals surface area contributed by atoms with Gasteiger partial charge in [0.25, 0.3) is 5.91 Å². The minimum Gasteiger partial charge on any atom is -0.345 e. The molecular weight excluding hydrogens is 366 g/mol. The van der Waals surface area contributed by atoms with Crippen molar-refractivity contribution in [2.75, 3.05) is 0 Å². The standard InChI is InChI=1S/C19H16BrN3O/c20-14-6-3-5-13(10-14)18-16(11-21-23-18)19(24)22-17-9-8-12-4-1-2-7-15(12)17/h1-7,10-11,17H,8-9H2,(H,21,23)(H,22,24)/t17-/m0/s1. The molecule has 4 nitrogen and oxygen atoms in total. The number of rotatable bonds is 3. The topological polar surface area (TPSA) is 57.8 Å². The number of H-pyrrole nitrogens is 1. The molecule has 1 heterocycles. The van der Waals surface area contributed by atoms with Gasteiger partial charge in [-0.1, -0.05) is 52.3 Å². The van der Waals surface area contributed by atoms with Gasteiger partial charge in [-0.15, -0.1) is 0 Å². The summed E-state index contributed by atoms with van der Waals surface area (Å²) in [5, 5.41) is 10.2. The molecule has 1 aromatic heterocycles. The van der Waals surface area contributed by atoms with E-state index < -0.39 is 0 Å². The van der Waals surface area contributed by atoms with Crippen molar-refractivity contribution >= 4 is 21.8 Å². The molecule has 1 amide bonds. The maximum Gasteiger partial charge on any atom is 0.255 e. The molecule has 0 fully saturated rings. The molecule has 0 saturated carbocycles. The third kappa shape index (κ3) is 2.76. The largest absolute Gasteiger partial charge is 0.345 e. The lowest BCUT2D eigenvalue weighted by Crippen LogP contribution is -2.27. The number of amides is 1. The number of aromatic nitrogens is 2. The van der Waals surface area contributed by atoms with Crippen LogP contribution < -0.4 is 5.32 Å². The lowest BCUT2D eigenvalue weighted by Gasteiger charge is -2.14. The Hall–Kier alpha value is -2.40. The number of halogens is 1. The van der Waals surface area contributed by atoms with Crippen molar-refractivity contribution in [3.63, 3.8) is 0 Å². The molecule has 1 aliphatic rings. The van der Waals surface area contributed by atoms with Crippen molar-refractivity contribution in [2.45, 2.75) is 18.9 Å². The molecular formula is C19H16BrN3O. The second-order valence-electron chi connectivity index (χ2n) is 5.93. The Kier molecular flexibility index (Phi) is 3.94. The van der Waals surface area contributed by atoms with Gasteiger partial charge in [0.05, 0.1) is 23.5 Å². The number of hydrogen-bond donors (Lipinski definition) is 2. The average molecular weight is 382 g/mol. The quantitative estimate of drug-likeness (QED) is 0.711. The molecule has 0 bridgehead atoms. The Morgan fingerprint density at radius 3 is 2.96 bits per heavy atom. The second kappa shape index (κ2) is 6.24. The zero-order valence-electron chi connectivity index (χ0n) is 12.9. The summed E-state index contributed by atoms with van der Waals surface area (Å²) in [6.45, 7) is 0. The molecule has 5 heteroatoms. The molecule has 0 unspecified atom stereocenters. The Morgan fingerprint density at radius 2 is 2.08 bits per heavy atom. The van der Waals surface area contributed by atoms with Gasteiger partial charge >= 0.3 is 0 Å². The monoisotopic (exact) mass is 381 g/mol. The van der Waals surface area contributed by atoms with Crippen LogP contribution in [-0.2, 0) is 6.42 Å². The fraction of sp³-hybridized carbons (Fsp3) is 0.158. The van der Waals surface area contributed by atoms with Gasteiger partial charge in [-0.2, -0.15) is 5.10 Å². The number of fused-ring (bicyclic) bond motifs is 1. The van der Waals surface area contributed by atoms with Crippen molar-refractivity contribution in [2.24, 2.45) is 0 Å². The van der Waals surface area contributed by atoms with Crippen LogP contribution in [0.15, 0.2) is 59.2 Å². The number of carbonyl (C=O) groups excluding carboxylic acids is 1. The van der Waals surface area contributed by atoms with E-state index in [0.29, 0.717) is 5.56 Å². The fourth-order valence-electron chi connectivity index (χ4n) is 3.27. The third-order valence-electron chi connectivity index (χ3n) is 4.44. The number of nitrogens with one attached hydrogen (secondary N) is 2. The van der Waals surface area contributed by atoms with E-state index in [4.69, 9.17) is 0 Å². The number of benzene rings is 2. The Balaban J connectivity index is 1.60. The molecule has 120 valence electrons. The van der Waals surface area contributed by atoms with Crippen molar-refractivity contribution < 1.29 is 4.79 Å². The molecule has 4 rings (SSSR count). The Morgan fingerprint density at radius 1 is 1.21 bits per heavy atom. The summed E-state index contributed by atoms with van der Waals surface area (Å²) in [6, 6.07) is 16.2. The van der Waals surface area contributed by atoms with Crippen LogP contribution in [0.3, 0.4) is 0 Å². The summed E-state index contributed by atoms with van der Waals surface area (Å²) in [7, 11) is 0. The van der Waals surface area contributed by atoms with Crippen LogP contribution in [0.1, 0.15) is 33.9 Å². The highest BCUT2D eigenvalue weighted by Gasteiger charge is 2.25. The molecule has 1 atom stereocenters. The van der Waals surface area contributed by atoms with Crippen LogP contribution in [-0.4, -0.2) is 16.1 Å². The minimum absolute atomic E-state index is 0.0685. The van der Waals surface area contributed by atoms with Crippen LogP contribution >= 0.6 is 15.9 Å². The zero-order valence-corrected chi connectivity index (χ0v) is 14.5. The molecule has 0 spiro atoms. The van der Waals surface area contributed by atoms with E-state index in [1.807, 2.05) is 36.4 Å². The van der Waals surface area contributed by atoms with E-state index >= 15 is 0 Å². The molecule has 2 N–H and O–H groups in total. The van der Waals surface area contributed by atoms with Gasteiger partial charge < -0.3 is 5.32 Å². The molecule has 0 saturated heterocycles. The first-order valence-electron chi connectivity index (χ1n) is 7.90. The zero-order chi connectivity index (χ0) is 16.5. The highest BCUT2D eigenvalue weighted by atomic mass is 79.9. The van der Waals surface area contributed by atoms with Gasteiger partial charge in [0.2, 0.25) is 0 Å². The number of aryl methyl sites for hydroxylation is 1. The normalized spacial score (nSPS) is 16.0. The molecule has 3 aromatic rings. The number of nitrogens with zero attached hydrogens (tertiary/aromatic N) is 1. The van der Waals surface area contributed by atoms with Crippen molar-refractivity contribution in [3.05, 3.63) is 75.9 Å². The van der Waals surface area contributed by atoms with Gasteiger partial charge in [-0.3, -0.25) is 9.89 Å². The van der Waals surface area contributed by atoms with E-state index in [9.17, 15) is 4.79 Å². The summed E-state index contributed by atoms with van der Waals surface area (Å²) >= 11 is 3.46. The first kappa shape index (κ1) is 15.1. The van der Waals surface area contributed by atoms with E-state index in [0.717, 1.165) is 28.6 Å². The van der Waals surface area contributed by atoms with Crippen LogP contribution in [0.25, 0.3) is 11.3 Å². The van der Waals surface area contributed by atoms with Gasteiger partial charge in [-0.05, 0) is 36.1 Å². The van der Waals surface area contributed by atoms with Gasteiger partial charge in [-0.25, -0.2) is 0 Å². The van der Waals surface area contributed by atoms with Gasteiger partial charge in [0.1, 0.15) is 0 Å². The van der Waals surface area contributed by atoms with E-state index in [1.54, 1.807) is 6.20 Å². The lowest BCUT2D eigenvalue weighted by atomic mass is 10.1. The minimum atomic E-state index is -0.0968. The Bertz CT molecular complexity index is 903. The van der Waals surface area contributed by atoms with Crippen LogP contribution in [0, 0.1) is 0 Å². The number of hydrogen-bond acceptors (Lipinski definition) is 2. The van der Waals surface area contributed by atoms with E-state index in [1.165, 1.54) is 11.1 Å². The molecule has 24 heavy (non-hydrogen) atoms. The molecule has 1 aliphatic carbocycles. The maximum atomic E-state index is 12.8. The highest BCUT2D eigenvalue weighted by Crippen LogP contribution is 2.31. The first-order chi connectivity index (χ1) is 11.7. The average Bonchev–Trinajstić information content (AvgIpc) is 3.22. The SMILES string of the molecule is O=C(N[C@H]1CCc2ccccc21)c1cn[nH]c1-c1cccc(Br)c1. The van der Waals surface area contributed by atoms with Crippen molar-refractivity contribution in [3.8, 4) is 11.3 Å². The van der Waals surface area contributed by atoms with E-state index in [2.05, 4.69) is 43.6 Å². The highest BCUT2D eigenvalue weighted by molar-refractivity contribution is 9.10. The lowest BCUT2D eigenvalue weighted by molar-refractivity contribution is 0.0937. The molecule has 0 radical (unpaired) electrons. The third-order valence-corrected chi connectivity index (χ3v) is 4.93. The first-order valence-corrected chi connectivity index (χ1v) is 8.69. The predicted molar refractivity (Wildman–Crippen MR) is 96.7 cm³/mol. The summed E-state index contributed by atoms with van der Waals surface area (Å²) in [5.41, 5.74) is 4.77. The van der Waals surface area contributed by atoms with Crippen LogP contribution in [0.2, 0.25) is 0 Å². The Labute approximate surface area is 148 Å². The fourth-order valence-corrected chi connectivity index (χ4v) is 3.66. The summed E-state index contributed by atoms with van der Waals surface area (Å²) in [5.74, 6) is -0.0968. The van der Waals surface area contributed by atoms with Gasteiger partial charge in [0.15, 0.2) is 0 Å². The smallest absolute Gasteiger partial charge is 0.255 e. The predicted octanol–water partition coefficient (Wildman–Crippen LogP) is 4.26. The van der Waals surface area contributed by atoms with Crippen LogP contribution in [0.4, 0.5) is 0 Å². The maximum absolute atomic E-state index is 12.8.